The quantitative estimate of drug-likeness (QED) is 0.818. The Hall–Kier alpha value is -1.88. The molecule has 7 heteroatoms. The summed E-state index contributed by atoms with van der Waals surface area (Å²) >= 11 is 0. The molecule has 3 aliphatic heterocycles. The van der Waals surface area contributed by atoms with E-state index in [1.54, 1.807) is 12.3 Å². The number of nitrogens with zero attached hydrogens (tertiary/aromatic N) is 3. The molecule has 27 heavy (non-hydrogen) atoms. The highest BCUT2D eigenvalue weighted by Crippen LogP contribution is 2.41. The zero-order valence-corrected chi connectivity index (χ0v) is 15.7. The number of carbonyl (C=O) groups is 1. The van der Waals surface area contributed by atoms with Gasteiger partial charge in [0.2, 0.25) is 0 Å². The molecular weight excluding hydrogens is 344 g/mol. The van der Waals surface area contributed by atoms with Gasteiger partial charge >= 0.3 is 0 Å². The van der Waals surface area contributed by atoms with Gasteiger partial charge in [0.15, 0.2) is 0 Å². The number of carbonyl (C=O) groups excluding carboxylic acids is 1. The number of hydrogen-bond acceptors (Lipinski definition) is 5. The second-order valence-corrected chi connectivity index (χ2v) is 8.34. The van der Waals surface area contributed by atoms with Gasteiger partial charge in [0.1, 0.15) is 11.8 Å². The number of H-pyrrole nitrogens is 1. The zero-order chi connectivity index (χ0) is 18.9. The van der Waals surface area contributed by atoms with Gasteiger partial charge in [-0.3, -0.25) is 9.69 Å². The fraction of sp³-hybridized carbons (Fsp3) is 0.700. The van der Waals surface area contributed by atoms with Crippen LogP contribution in [-0.4, -0.2) is 77.3 Å². The number of nitrogens with one attached hydrogen (secondary N) is 1. The van der Waals surface area contributed by atoms with Crippen molar-refractivity contribution >= 4 is 5.91 Å². The van der Waals surface area contributed by atoms with Crippen molar-refractivity contribution in [2.45, 2.75) is 44.2 Å². The smallest absolute Gasteiger partial charge is 0.270 e. The molecule has 3 fully saturated rings. The average molecular weight is 372 g/mol. The molecule has 0 radical (unpaired) electrons. The summed E-state index contributed by atoms with van der Waals surface area (Å²) in [5.74, 6) is -0.0380. The largest absolute Gasteiger partial charge is 0.392 e. The van der Waals surface area contributed by atoms with E-state index < -0.39 is 0 Å². The third kappa shape index (κ3) is 3.88. The maximum absolute atomic E-state index is 12.7. The summed E-state index contributed by atoms with van der Waals surface area (Å²) in [7, 11) is 0. The topological polar surface area (TPSA) is 92.6 Å². The molecule has 4 rings (SSSR count). The second kappa shape index (κ2) is 7.63. The second-order valence-electron chi connectivity index (χ2n) is 8.34. The van der Waals surface area contributed by atoms with Crippen molar-refractivity contribution in [1.82, 2.24) is 14.8 Å². The number of rotatable bonds is 2. The summed E-state index contributed by atoms with van der Waals surface area (Å²) in [5, 5.41) is 19.5. The summed E-state index contributed by atoms with van der Waals surface area (Å²) < 4.78 is 5.49. The van der Waals surface area contributed by atoms with Crippen LogP contribution in [0.25, 0.3) is 0 Å². The first-order valence-corrected chi connectivity index (χ1v) is 9.96. The van der Waals surface area contributed by atoms with Crippen LogP contribution in [0, 0.1) is 16.7 Å². The molecule has 1 aromatic rings. The van der Waals surface area contributed by atoms with Gasteiger partial charge in [0.05, 0.1) is 11.7 Å². The molecule has 1 amide bonds. The van der Waals surface area contributed by atoms with Crippen molar-refractivity contribution in [2.75, 3.05) is 39.4 Å². The lowest BCUT2D eigenvalue weighted by Gasteiger charge is -2.51. The van der Waals surface area contributed by atoms with Gasteiger partial charge in [-0.05, 0) is 43.6 Å². The molecule has 0 aromatic carbocycles. The first kappa shape index (κ1) is 18.5. The molecule has 1 unspecified atom stereocenters. The standard InChI is InChI=1S/C20H28N4O3/c21-11-15-9-18(22-12-15)19(26)23-5-3-20(4-6-23)10-17(25)13-24(14-20)16-1-7-27-8-2-16/h9,12,16-17,22,25H,1-8,10,13-14H2. The fourth-order valence-electron chi connectivity index (χ4n) is 5.02. The van der Waals surface area contributed by atoms with E-state index in [9.17, 15) is 9.90 Å². The zero-order valence-electron chi connectivity index (χ0n) is 15.7. The third-order valence-electron chi connectivity index (χ3n) is 6.51. The monoisotopic (exact) mass is 372 g/mol. The van der Waals surface area contributed by atoms with Crippen molar-refractivity contribution in [2.24, 2.45) is 5.41 Å². The maximum Gasteiger partial charge on any atom is 0.270 e. The van der Waals surface area contributed by atoms with Crippen molar-refractivity contribution in [3.63, 3.8) is 0 Å². The van der Waals surface area contributed by atoms with Gasteiger partial charge in [0, 0.05) is 51.6 Å². The number of aliphatic hydroxyl groups excluding tert-OH is 1. The normalized spacial score (nSPS) is 26.8. The number of ether oxygens (including phenoxy) is 1. The molecule has 3 saturated heterocycles. The van der Waals surface area contributed by atoms with Crippen LogP contribution in [0.5, 0.6) is 0 Å². The first-order valence-electron chi connectivity index (χ1n) is 9.96. The van der Waals surface area contributed by atoms with Crippen molar-refractivity contribution in [3.05, 3.63) is 23.5 Å². The Kier molecular flexibility index (Phi) is 5.22. The summed E-state index contributed by atoms with van der Waals surface area (Å²) in [6.45, 7) is 4.80. The molecule has 0 aliphatic carbocycles. The Morgan fingerprint density at radius 1 is 1.33 bits per heavy atom. The number of piperidine rings is 2. The fourth-order valence-corrected chi connectivity index (χ4v) is 5.02. The predicted molar refractivity (Wildman–Crippen MR) is 99.1 cm³/mol. The molecule has 1 aromatic heterocycles. The van der Waals surface area contributed by atoms with E-state index in [0.29, 0.717) is 30.4 Å². The number of aromatic amines is 1. The van der Waals surface area contributed by atoms with Crippen LogP contribution < -0.4 is 0 Å². The van der Waals surface area contributed by atoms with Gasteiger partial charge in [0.25, 0.3) is 5.91 Å². The third-order valence-corrected chi connectivity index (χ3v) is 6.51. The summed E-state index contributed by atoms with van der Waals surface area (Å²) in [5.41, 5.74) is 1.06. The van der Waals surface area contributed by atoms with Crippen LogP contribution in [0.4, 0.5) is 0 Å². The van der Waals surface area contributed by atoms with E-state index >= 15 is 0 Å². The lowest BCUT2D eigenvalue weighted by molar-refractivity contribution is -0.0695. The molecular formula is C20H28N4O3. The SMILES string of the molecule is N#Cc1c[nH]c(C(=O)N2CCC3(CC2)CC(O)CN(C2CCOCC2)C3)c1. The van der Waals surface area contributed by atoms with Crippen molar-refractivity contribution < 1.29 is 14.6 Å². The van der Waals surface area contributed by atoms with Crippen LogP contribution in [0.1, 0.15) is 48.2 Å². The Balaban J connectivity index is 1.39. The van der Waals surface area contributed by atoms with E-state index in [4.69, 9.17) is 10.00 Å². The van der Waals surface area contributed by atoms with Crippen LogP contribution in [0.15, 0.2) is 12.3 Å². The molecule has 7 nitrogen and oxygen atoms in total. The minimum absolute atomic E-state index is 0.0380. The maximum atomic E-state index is 12.7. The Labute approximate surface area is 159 Å². The first-order chi connectivity index (χ1) is 13.1. The number of hydrogen-bond donors (Lipinski definition) is 2. The molecule has 146 valence electrons. The number of likely N-dealkylation sites (tertiary alicyclic amines) is 2. The molecule has 3 aliphatic rings. The van der Waals surface area contributed by atoms with E-state index in [1.807, 2.05) is 11.0 Å². The number of amides is 1. The average Bonchev–Trinajstić information content (AvgIpc) is 3.17. The number of aromatic nitrogens is 1. The summed E-state index contributed by atoms with van der Waals surface area (Å²) in [6.07, 6.45) is 6.04. The lowest BCUT2D eigenvalue weighted by Crippen LogP contribution is -2.57. The summed E-state index contributed by atoms with van der Waals surface area (Å²) in [4.78, 5) is 19.9. The van der Waals surface area contributed by atoms with E-state index in [2.05, 4.69) is 9.88 Å². The molecule has 4 heterocycles. The van der Waals surface area contributed by atoms with E-state index in [0.717, 1.165) is 58.4 Å². The molecule has 2 N–H and O–H groups in total. The highest BCUT2D eigenvalue weighted by Gasteiger charge is 2.44. The predicted octanol–water partition coefficient (Wildman–Crippen LogP) is 1.35. The highest BCUT2D eigenvalue weighted by molar-refractivity contribution is 5.93. The molecule has 1 atom stereocenters. The van der Waals surface area contributed by atoms with E-state index in [-0.39, 0.29) is 17.4 Å². The minimum atomic E-state index is -0.287. The number of β-amino-alcohol motifs (C(OH)–C–C–N with tert-alkyl or cyclic N) is 1. The molecule has 0 bridgehead atoms. The lowest BCUT2D eigenvalue weighted by atomic mass is 9.71. The van der Waals surface area contributed by atoms with E-state index in [1.165, 1.54) is 0 Å². The van der Waals surface area contributed by atoms with Gasteiger partial charge < -0.3 is 19.7 Å². The minimum Gasteiger partial charge on any atom is -0.392 e. The molecule has 1 spiro atoms. The van der Waals surface area contributed by atoms with Crippen molar-refractivity contribution in [1.29, 1.82) is 5.26 Å². The van der Waals surface area contributed by atoms with Gasteiger partial charge in [-0.1, -0.05) is 0 Å². The van der Waals surface area contributed by atoms with Crippen LogP contribution in [0.2, 0.25) is 0 Å². The number of nitriles is 1. The van der Waals surface area contributed by atoms with Gasteiger partial charge in [-0.25, -0.2) is 0 Å². The summed E-state index contributed by atoms with van der Waals surface area (Å²) in [6, 6.07) is 4.17. The number of aliphatic hydroxyl groups is 1. The van der Waals surface area contributed by atoms with Gasteiger partial charge in [-0.15, -0.1) is 0 Å². The van der Waals surface area contributed by atoms with Crippen LogP contribution >= 0.6 is 0 Å². The van der Waals surface area contributed by atoms with Crippen LogP contribution in [0.3, 0.4) is 0 Å². The van der Waals surface area contributed by atoms with Crippen molar-refractivity contribution in [3.8, 4) is 6.07 Å². The Morgan fingerprint density at radius 3 is 2.74 bits per heavy atom. The Morgan fingerprint density at radius 2 is 2.07 bits per heavy atom. The Bertz CT molecular complexity index is 711. The van der Waals surface area contributed by atoms with Gasteiger partial charge in [-0.2, -0.15) is 5.26 Å². The molecule has 0 saturated carbocycles. The highest BCUT2D eigenvalue weighted by atomic mass is 16.5. The van der Waals surface area contributed by atoms with Crippen LogP contribution in [-0.2, 0) is 4.74 Å².